The summed E-state index contributed by atoms with van der Waals surface area (Å²) in [5.74, 6) is -83.2. The summed E-state index contributed by atoms with van der Waals surface area (Å²) in [6, 6.07) is 0. The van der Waals surface area contributed by atoms with Gasteiger partial charge < -0.3 is 0 Å². The van der Waals surface area contributed by atoms with Crippen molar-refractivity contribution >= 4 is 10.1 Å². The first-order chi connectivity index (χ1) is 15.8. The van der Waals surface area contributed by atoms with Crippen molar-refractivity contribution in [2.75, 3.05) is 0 Å². The zero-order chi connectivity index (χ0) is 32.0. The molecule has 3 nitrogen and oxygen atoms in total. The van der Waals surface area contributed by atoms with Gasteiger partial charge in [0.2, 0.25) is 0 Å². The number of hydrogen-bond donors (Lipinski definition) is 1. The van der Waals surface area contributed by atoms with Gasteiger partial charge in [0, 0.05) is 0 Å². The molecule has 0 rings (SSSR count). The lowest BCUT2D eigenvalue weighted by atomic mass is 9.90. The van der Waals surface area contributed by atoms with Crippen molar-refractivity contribution in [3.63, 3.8) is 0 Å². The van der Waals surface area contributed by atoms with E-state index in [9.17, 15) is 109 Å². The van der Waals surface area contributed by atoms with E-state index in [-0.39, 0.29) is 0 Å². The van der Waals surface area contributed by atoms with Crippen molar-refractivity contribution in [1.82, 2.24) is 0 Å². The molecule has 0 aliphatic rings. The maximum absolute atomic E-state index is 13.4. The van der Waals surface area contributed by atoms with Gasteiger partial charge in [0.25, 0.3) is 0 Å². The molecule has 38 heavy (non-hydrogen) atoms. The zero-order valence-electron chi connectivity index (χ0n) is 15.9. The molecule has 0 aliphatic carbocycles. The highest BCUT2D eigenvalue weighted by Gasteiger charge is 2.99. The van der Waals surface area contributed by atoms with Gasteiger partial charge in [-0.1, -0.05) is 0 Å². The van der Waals surface area contributed by atoms with E-state index in [2.05, 4.69) is 0 Å². The van der Waals surface area contributed by atoms with E-state index in [0.29, 0.717) is 0 Å². The van der Waals surface area contributed by atoms with E-state index in [4.69, 9.17) is 4.55 Å². The van der Waals surface area contributed by atoms with Gasteiger partial charge in [0.05, 0.1) is 0 Å². The molecule has 0 atom stereocenters. The topological polar surface area (TPSA) is 54.4 Å². The largest absolute Gasteiger partial charge is 0.460 e. The van der Waals surface area contributed by atoms with Gasteiger partial charge in [-0.25, -0.2) is 0 Å². The summed E-state index contributed by atoms with van der Waals surface area (Å²) < 4.78 is 326. The molecule has 0 aromatic rings. The van der Waals surface area contributed by atoms with Crippen LogP contribution in [0, 0.1) is 0 Å². The maximum atomic E-state index is 13.4. The maximum Gasteiger partial charge on any atom is 0.460 e. The average molecular weight is 653 g/mol. The second-order valence-corrected chi connectivity index (χ2v) is 8.12. The molecular weight excluding hydrogens is 652 g/mol. The van der Waals surface area contributed by atoms with Gasteiger partial charge in [-0.2, -0.15) is 109 Å². The minimum Gasteiger partial charge on any atom is -0.281 e. The lowest BCUT2D eigenvalue weighted by Crippen LogP contribution is -2.77. The van der Waals surface area contributed by atoms with Gasteiger partial charge in [-0.15, -0.1) is 0 Å². The van der Waals surface area contributed by atoms with Crippen LogP contribution in [0.25, 0.3) is 0 Å². The molecule has 0 amide bonds. The first-order valence-corrected chi connectivity index (χ1v) is 9.01. The van der Waals surface area contributed by atoms with E-state index in [0.717, 1.165) is 0 Å². The lowest BCUT2D eigenvalue weighted by molar-refractivity contribution is -0.476. The Morgan fingerprint density at radius 1 is 0.316 bits per heavy atom. The Labute approximate surface area is 190 Å². The van der Waals surface area contributed by atoms with E-state index in [1.165, 1.54) is 0 Å². The minimum absolute atomic E-state index is 7.70. The average Bonchev–Trinajstić information content (AvgIpc) is 2.64. The van der Waals surface area contributed by atoms with Gasteiger partial charge in [-0.3, -0.25) is 4.55 Å². The summed E-state index contributed by atoms with van der Waals surface area (Å²) >= 11 is 0. The number of hydrogen-bond acceptors (Lipinski definition) is 2. The molecule has 0 aliphatic heterocycles. The first-order valence-electron chi connectivity index (χ1n) is 7.57. The van der Waals surface area contributed by atoms with E-state index < -0.39 is 74.9 Å². The molecule has 0 radical (unpaired) electrons. The molecule has 0 saturated carbocycles. The molecule has 0 saturated heterocycles. The Hall–Kier alpha value is -1.70. The standard InChI is InChI=1S/C11HF23O3S/c12-1(13,2(14,15)4(18,19)6(22,23)8(26,27)10(30,31)32)3(16,17)5(20,21)7(24,25)9(28,29)11(33,34)38(35,36)37/h(H,35,36,37)/i7+1,9+1,11+1. The highest BCUT2D eigenvalue weighted by atomic mass is 32.2. The molecule has 0 unspecified atom stereocenters. The predicted molar refractivity (Wildman–Crippen MR) is 67.1 cm³/mol. The van der Waals surface area contributed by atoms with E-state index in [1.54, 1.807) is 0 Å². The summed E-state index contributed by atoms with van der Waals surface area (Å²) in [6.07, 6.45) is -8.16. The van der Waals surface area contributed by atoms with Crippen molar-refractivity contribution in [3.8, 4) is 0 Å². The Morgan fingerprint density at radius 3 is 0.632 bits per heavy atom. The third-order valence-electron chi connectivity index (χ3n) is 4.20. The summed E-state index contributed by atoms with van der Waals surface area (Å²) in [5.41, 5.74) is 0. The number of halogens is 23. The minimum atomic E-state index is -9.58. The quantitative estimate of drug-likeness (QED) is 0.162. The van der Waals surface area contributed by atoms with Gasteiger partial charge in [-0.05, 0) is 0 Å². The van der Waals surface area contributed by atoms with Crippen LogP contribution in [0.2, 0.25) is 0 Å². The summed E-state index contributed by atoms with van der Waals surface area (Å²) in [5, 5.41) is -8.15. The Balaban J connectivity index is 7.34. The van der Waals surface area contributed by atoms with E-state index >= 15 is 0 Å². The molecule has 0 heterocycles. The van der Waals surface area contributed by atoms with Crippen LogP contribution in [-0.2, 0) is 10.1 Å². The Morgan fingerprint density at radius 2 is 0.474 bits per heavy atom. The smallest absolute Gasteiger partial charge is 0.281 e. The molecule has 0 aromatic carbocycles. The fourth-order valence-corrected chi connectivity index (χ4v) is 2.36. The Kier molecular flexibility index (Phi) is 8.03. The highest BCUT2D eigenvalue weighted by Crippen LogP contribution is 2.67. The second-order valence-electron chi connectivity index (χ2n) is 6.66. The fourth-order valence-electron chi connectivity index (χ4n) is 1.90. The van der Waals surface area contributed by atoms with Gasteiger partial charge in [0.15, 0.2) is 0 Å². The predicted octanol–water partition coefficient (Wildman–Crippen LogP) is 6.75. The zero-order valence-corrected chi connectivity index (χ0v) is 16.7. The van der Waals surface area contributed by atoms with Crippen LogP contribution in [0.4, 0.5) is 101 Å². The number of alkyl halides is 23. The van der Waals surface area contributed by atoms with Crippen LogP contribution >= 0.6 is 0 Å². The molecular formula is C11HF23O3S. The van der Waals surface area contributed by atoms with Crippen LogP contribution < -0.4 is 0 Å². The highest BCUT2D eigenvalue weighted by molar-refractivity contribution is 7.87. The fraction of sp³-hybridized carbons (Fsp3) is 1.00. The normalized spacial score (nSPS) is 17.2. The van der Waals surface area contributed by atoms with Crippen LogP contribution in [0.5, 0.6) is 0 Å². The van der Waals surface area contributed by atoms with Gasteiger partial charge in [0.1, 0.15) is 0 Å². The van der Waals surface area contributed by atoms with Crippen molar-refractivity contribution in [2.24, 2.45) is 0 Å². The molecule has 1 N–H and O–H groups in total. The van der Waals surface area contributed by atoms with Crippen LogP contribution in [0.3, 0.4) is 0 Å². The summed E-state index contributed by atoms with van der Waals surface area (Å²) in [4.78, 5) is 0. The molecule has 0 fully saturated rings. The van der Waals surface area contributed by atoms with Crippen LogP contribution in [0.1, 0.15) is 0 Å². The monoisotopic (exact) mass is 653 g/mol. The van der Waals surface area contributed by atoms with Crippen LogP contribution in [-0.4, -0.2) is 77.7 Å². The second kappa shape index (κ2) is 8.40. The summed E-state index contributed by atoms with van der Waals surface area (Å²) in [7, 11) is -8.17. The molecule has 27 heteroatoms. The Bertz CT molecular complexity index is 1000. The van der Waals surface area contributed by atoms with E-state index in [1.807, 2.05) is 0 Å². The van der Waals surface area contributed by atoms with Crippen molar-refractivity contribution < 1.29 is 114 Å². The SMILES string of the molecule is O=S(=O)(O)[13C](F)(F)[13C](F)(F)[13C](F)(F)C(F)(F)C(F)(F)C(F)(F)C(F)(F)C(F)(F)C(F)(F)C(F)(F)C(F)(F)F. The van der Waals surface area contributed by atoms with Crippen molar-refractivity contribution in [2.45, 2.75) is 64.7 Å². The summed E-state index contributed by atoms with van der Waals surface area (Å²) in [6.45, 7) is 0. The van der Waals surface area contributed by atoms with Crippen molar-refractivity contribution in [1.29, 1.82) is 0 Å². The molecule has 0 bridgehead atoms. The molecule has 230 valence electrons. The van der Waals surface area contributed by atoms with Crippen LogP contribution in [0.15, 0.2) is 0 Å². The van der Waals surface area contributed by atoms with Gasteiger partial charge >= 0.3 is 74.9 Å². The third kappa shape index (κ3) is 4.02. The third-order valence-corrected chi connectivity index (χ3v) is 5.10. The van der Waals surface area contributed by atoms with Crippen molar-refractivity contribution in [3.05, 3.63) is 0 Å². The number of rotatable bonds is 10. The molecule has 0 aromatic heterocycles. The lowest BCUT2D eigenvalue weighted by Gasteiger charge is -2.44. The molecule has 0 spiro atoms. The first kappa shape index (κ1) is 36.3.